The molecule has 18 rings (SSSR count). The number of para-hydroxylation sites is 5. The van der Waals surface area contributed by atoms with Gasteiger partial charge in [-0.3, -0.25) is 0 Å². The molecule has 2 aliphatic rings. The van der Waals surface area contributed by atoms with Crippen LogP contribution in [-0.4, -0.2) is 13.7 Å². The number of benzene rings is 13. The van der Waals surface area contributed by atoms with E-state index in [4.69, 9.17) is 0 Å². The molecule has 2 atom stereocenters. The third-order valence-corrected chi connectivity index (χ3v) is 18.1. The summed E-state index contributed by atoms with van der Waals surface area (Å²) in [5, 5.41) is 13.8. The normalized spacial score (nSPS) is 14.8. The summed E-state index contributed by atoms with van der Waals surface area (Å²) >= 11 is 0. The Hall–Kier alpha value is -10.7. The summed E-state index contributed by atoms with van der Waals surface area (Å²) in [4.78, 5) is 2.58. The molecular weight excluding hydrogens is 993 g/mol. The number of anilines is 2. The van der Waals surface area contributed by atoms with Crippen LogP contribution in [0.1, 0.15) is 28.8 Å². The summed E-state index contributed by atoms with van der Waals surface area (Å²) in [5.41, 5.74) is 20.5. The van der Waals surface area contributed by atoms with E-state index in [1.54, 1.807) is 0 Å². The van der Waals surface area contributed by atoms with Crippen molar-refractivity contribution in [3.05, 3.63) is 302 Å². The molecule has 13 aromatic carbocycles. The van der Waals surface area contributed by atoms with Crippen LogP contribution in [-0.2, 0) is 0 Å². The summed E-state index contributed by atoms with van der Waals surface area (Å²) in [6.45, 7) is 0. The highest BCUT2D eigenvalue weighted by Gasteiger charge is 2.44. The van der Waals surface area contributed by atoms with E-state index in [-0.39, 0.29) is 12.0 Å². The largest absolute Gasteiger partial charge is 0.331 e. The van der Waals surface area contributed by atoms with Gasteiger partial charge in [-0.25, -0.2) is 0 Å². The van der Waals surface area contributed by atoms with E-state index in [1.165, 1.54) is 137 Å². The lowest BCUT2D eigenvalue weighted by atomic mass is 9.85. The summed E-state index contributed by atoms with van der Waals surface area (Å²) in [6, 6.07) is 104. The maximum atomic E-state index is 2.58. The van der Waals surface area contributed by atoms with Crippen LogP contribution >= 0.6 is 0 Å². The van der Waals surface area contributed by atoms with E-state index in [9.17, 15) is 0 Å². The van der Waals surface area contributed by atoms with Crippen LogP contribution in [0, 0.1) is 0 Å². The van der Waals surface area contributed by atoms with Gasteiger partial charge < -0.3 is 18.6 Å². The molecule has 0 saturated heterocycles. The minimum atomic E-state index is 0.0571. The van der Waals surface area contributed by atoms with Crippen molar-refractivity contribution in [2.45, 2.75) is 12.0 Å². The molecule has 0 radical (unpaired) electrons. The van der Waals surface area contributed by atoms with Gasteiger partial charge in [-0.2, -0.15) is 0 Å². The zero-order chi connectivity index (χ0) is 53.6. The van der Waals surface area contributed by atoms with E-state index in [0.29, 0.717) is 0 Å². The maximum Gasteiger partial charge on any atom is 0.0856 e. The lowest BCUT2D eigenvalue weighted by Gasteiger charge is -2.33. The SMILES string of the molecule is C1=CC2c3ccccc3N(c3ccccc3)C2c2c1c1cc(-c3ccc4c(c3)c3ccc5c6ccccc6n(-c6ccccc6)c5c3n4-c3cccc(-c4ccc5c6ccccc6c6ccccc6c5c4)c3)ccc1n2-c1ccccc1. The Morgan fingerprint density at radius 1 is 0.268 bits per heavy atom. The summed E-state index contributed by atoms with van der Waals surface area (Å²) in [7, 11) is 0. The molecule has 16 aromatic rings. The predicted octanol–water partition coefficient (Wildman–Crippen LogP) is 20.6. The third-order valence-electron chi connectivity index (χ3n) is 18.1. The molecule has 4 nitrogen and oxygen atoms in total. The van der Waals surface area contributed by atoms with Gasteiger partial charge in [0, 0.05) is 66.8 Å². The molecule has 4 heterocycles. The van der Waals surface area contributed by atoms with E-state index in [0.717, 1.165) is 16.9 Å². The van der Waals surface area contributed by atoms with Gasteiger partial charge in [0.15, 0.2) is 0 Å². The van der Waals surface area contributed by atoms with Crippen molar-refractivity contribution in [1.82, 2.24) is 13.7 Å². The van der Waals surface area contributed by atoms with Crippen molar-refractivity contribution in [3.63, 3.8) is 0 Å². The molecule has 0 amide bonds. The highest BCUT2D eigenvalue weighted by atomic mass is 15.2. The second-order valence-electron chi connectivity index (χ2n) is 22.3. The highest BCUT2D eigenvalue weighted by Crippen LogP contribution is 2.58. The van der Waals surface area contributed by atoms with Gasteiger partial charge in [-0.15, -0.1) is 0 Å². The average Bonchev–Trinajstić information content (AvgIpc) is 4.47. The smallest absolute Gasteiger partial charge is 0.0856 e. The van der Waals surface area contributed by atoms with Crippen LogP contribution in [0.4, 0.5) is 11.4 Å². The van der Waals surface area contributed by atoms with E-state index >= 15 is 0 Å². The van der Waals surface area contributed by atoms with Crippen LogP contribution in [0.2, 0.25) is 0 Å². The molecule has 0 N–H and O–H groups in total. The van der Waals surface area contributed by atoms with Crippen molar-refractivity contribution < 1.29 is 0 Å². The molecule has 1 aliphatic carbocycles. The standard InChI is InChI=1S/C78H50N4/c1-4-20-53(21-5-1)79-71-33-16-14-31-62(71)64-39-41-66-69-47-51(36-43-73(69)81(77(66)75(64)79)55-24-8-3-9-25-55)52-37-44-74-70(48-52)67-42-40-65-63-32-15-17-34-72(63)80(54-22-6-2-7-23-54)76(65)78(67)82(74)56-26-18-19-49(45-56)50-35-38-61-59-29-11-10-27-57(59)58-28-12-13-30-60(58)68(61)46-50/h1-48,64,75H. The molecule has 0 spiro atoms. The first-order valence-electron chi connectivity index (χ1n) is 28.6. The zero-order valence-corrected chi connectivity index (χ0v) is 44.7. The summed E-state index contributed by atoms with van der Waals surface area (Å²) in [6.07, 6.45) is 4.88. The number of hydrogen-bond donors (Lipinski definition) is 0. The molecule has 0 fully saturated rings. The summed E-state index contributed by atoms with van der Waals surface area (Å²) in [5.74, 6) is 0.191. The molecule has 382 valence electrons. The second kappa shape index (κ2) is 17.4. The van der Waals surface area contributed by atoms with E-state index in [2.05, 4.69) is 310 Å². The molecule has 2 unspecified atom stereocenters. The van der Waals surface area contributed by atoms with Crippen molar-refractivity contribution in [2.24, 2.45) is 0 Å². The minimum Gasteiger partial charge on any atom is -0.331 e. The van der Waals surface area contributed by atoms with Crippen molar-refractivity contribution in [2.75, 3.05) is 4.90 Å². The summed E-state index contributed by atoms with van der Waals surface area (Å²) < 4.78 is 7.57. The van der Waals surface area contributed by atoms with Crippen LogP contribution in [0.5, 0.6) is 0 Å². The molecule has 0 bridgehead atoms. The monoisotopic (exact) mass is 1040 g/mol. The van der Waals surface area contributed by atoms with Gasteiger partial charge in [0.25, 0.3) is 0 Å². The molecule has 3 aromatic heterocycles. The zero-order valence-electron chi connectivity index (χ0n) is 44.7. The Labute approximate surface area is 473 Å². The second-order valence-corrected chi connectivity index (χ2v) is 22.3. The van der Waals surface area contributed by atoms with E-state index < -0.39 is 0 Å². The Morgan fingerprint density at radius 3 is 1.40 bits per heavy atom. The molecular formula is C78H50N4. The Kier molecular flexibility index (Phi) is 9.60. The van der Waals surface area contributed by atoms with Gasteiger partial charge in [0.1, 0.15) is 0 Å². The molecule has 4 heteroatoms. The number of nitrogens with zero attached hydrogens (tertiary/aromatic N) is 4. The van der Waals surface area contributed by atoms with Crippen LogP contribution in [0.15, 0.2) is 285 Å². The van der Waals surface area contributed by atoms with Crippen LogP contribution in [0.3, 0.4) is 0 Å². The fraction of sp³-hybridized carbons (Fsp3) is 0.0256. The number of fused-ring (bicyclic) bond motifs is 20. The Morgan fingerprint density at radius 2 is 0.720 bits per heavy atom. The van der Waals surface area contributed by atoms with Crippen molar-refractivity contribution in [1.29, 1.82) is 0 Å². The highest BCUT2D eigenvalue weighted by molar-refractivity contribution is 6.26. The Balaban J connectivity index is 0.862. The van der Waals surface area contributed by atoms with Gasteiger partial charge in [0.2, 0.25) is 0 Å². The maximum absolute atomic E-state index is 2.58. The van der Waals surface area contributed by atoms with Gasteiger partial charge >= 0.3 is 0 Å². The van der Waals surface area contributed by atoms with Crippen molar-refractivity contribution >= 4 is 104 Å². The van der Waals surface area contributed by atoms with Gasteiger partial charge in [-0.05, 0) is 151 Å². The van der Waals surface area contributed by atoms with Gasteiger partial charge in [0.05, 0.1) is 39.3 Å². The van der Waals surface area contributed by atoms with Gasteiger partial charge in [-0.1, -0.05) is 200 Å². The topological polar surface area (TPSA) is 18.0 Å². The first-order valence-corrected chi connectivity index (χ1v) is 28.6. The first-order chi connectivity index (χ1) is 40.7. The van der Waals surface area contributed by atoms with Crippen molar-refractivity contribution in [3.8, 4) is 39.3 Å². The first kappa shape index (κ1) is 45.2. The molecule has 1 aliphatic heterocycles. The number of hydrogen-bond acceptors (Lipinski definition) is 1. The Bertz CT molecular complexity index is 5320. The van der Waals surface area contributed by atoms with Crippen LogP contribution < -0.4 is 4.90 Å². The number of aromatic nitrogens is 3. The van der Waals surface area contributed by atoms with E-state index in [1.807, 2.05) is 0 Å². The predicted molar refractivity (Wildman–Crippen MR) is 345 cm³/mol. The lowest BCUT2D eigenvalue weighted by Crippen LogP contribution is -2.26. The average molecular weight is 1040 g/mol. The quantitative estimate of drug-likeness (QED) is 0.152. The minimum absolute atomic E-state index is 0.0571. The lowest BCUT2D eigenvalue weighted by molar-refractivity contribution is 0.636. The third kappa shape index (κ3) is 6.43. The molecule has 0 saturated carbocycles. The molecule has 82 heavy (non-hydrogen) atoms. The fourth-order valence-electron chi connectivity index (χ4n) is 14.7. The fourth-order valence-corrected chi connectivity index (χ4v) is 14.7. The number of rotatable bonds is 6. The van der Waals surface area contributed by atoms with Crippen LogP contribution in [0.25, 0.3) is 132 Å².